The summed E-state index contributed by atoms with van der Waals surface area (Å²) in [6, 6.07) is 3.95. The van der Waals surface area contributed by atoms with Gasteiger partial charge in [-0.15, -0.1) is 0 Å². The normalized spacial score (nSPS) is 22.9. The molecule has 1 saturated carbocycles. The number of hydrogen-bond acceptors (Lipinski definition) is 4. The van der Waals surface area contributed by atoms with Crippen molar-refractivity contribution in [3.63, 3.8) is 0 Å². The molecule has 0 atom stereocenters. The van der Waals surface area contributed by atoms with E-state index >= 15 is 0 Å². The Labute approximate surface area is 118 Å². The van der Waals surface area contributed by atoms with Crippen molar-refractivity contribution in [1.82, 2.24) is 0 Å². The Bertz CT molecular complexity index is 431. The molecule has 0 unspecified atom stereocenters. The molecule has 0 aromatic heterocycles. The molecule has 4 nitrogen and oxygen atoms in total. The number of halogens is 1. The summed E-state index contributed by atoms with van der Waals surface area (Å²) in [6.07, 6.45) is 3.42. The van der Waals surface area contributed by atoms with E-state index in [2.05, 4.69) is 5.32 Å². The highest BCUT2D eigenvalue weighted by atomic mass is 35.5. The first-order chi connectivity index (χ1) is 9.13. The fourth-order valence-corrected chi connectivity index (χ4v) is 2.61. The van der Waals surface area contributed by atoms with Crippen LogP contribution in [0.5, 0.6) is 11.5 Å². The molecule has 2 rings (SSSR count). The van der Waals surface area contributed by atoms with Gasteiger partial charge >= 0.3 is 0 Å². The molecule has 1 aliphatic rings. The van der Waals surface area contributed by atoms with Gasteiger partial charge in [-0.05, 0) is 25.7 Å². The second kappa shape index (κ2) is 6.35. The van der Waals surface area contributed by atoms with Crippen LogP contribution in [0.25, 0.3) is 0 Å². The smallest absolute Gasteiger partial charge is 0.162 e. The molecule has 1 fully saturated rings. The number of methoxy groups -OCH3 is 2. The summed E-state index contributed by atoms with van der Waals surface area (Å²) in [5.41, 5.74) is 0.848. The molecule has 0 aliphatic heterocycles. The summed E-state index contributed by atoms with van der Waals surface area (Å²) >= 11 is 6.24. The molecule has 0 amide bonds. The summed E-state index contributed by atoms with van der Waals surface area (Å²) in [4.78, 5) is 0. The van der Waals surface area contributed by atoms with Gasteiger partial charge in [0.1, 0.15) is 0 Å². The zero-order chi connectivity index (χ0) is 13.8. The number of hydrogen-bond donors (Lipinski definition) is 2. The third kappa shape index (κ3) is 3.45. The number of aliphatic hydroxyl groups excluding tert-OH is 1. The second-order valence-corrected chi connectivity index (χ2v) is 5.24. The maximum atomic E-state index is 9.51. The highest BCUT2D eigenvalue weighted by molar-refractivity contribution is 6.33. The van der Waals surface area contributed by atoms with Crippen LogP contribution in [0.2, 0.25) is 5.02 Å². The third-order valence-electron chi connectivity index (χ3n) is 3.53. The molecule has 1 aromatic carbocycles. The van der Waals surface area contributed by atoms with Gasteiger partial charge in [-0.2, -0.15) is 0 Å². The molecule has 0 spiro atoms. The molecular weight excluding hydrogens is 266 g/mol. The van der Waals surface area contributed by atoms with E-state index in [-0.39, 0.29) is 6.10 Å². The van der Waals surface area contributed by atoms with E-state index in [1.54, 1.807) is 20.3 Å². The van der Waals surface area contributed by atoms with Crippen LogP contribution >= 0.6 is 11.6 Å². The average molecular weight is 286 g/mol. The van der Waals surface area contributed by atoms with Gasteiger partial charge in [-0.1, -0.05) is 11.6 Å². The molecule has 106 valence electrons. The van der Waals surface area contributed by atoms with Gasteiger partial charge < -0.3 is 19.9 Å². The molecule has 19 heavy (non-hydrogen) atoms. The summed E-state index contributed by atoms with van der Waals surface area (Å²) in [6.45, 7) is 0. The Morgan fingerprint density at radius 1 is 1.11 bits per heavy atom. The molecular formula is C14H20ClNO3. The van der Waals surface area contributed by atoms with Crippen molar-refractivity contribution in [2.45, 2.75) is 37.8 Å². The fraction of sp³-hybridized carbons (Fsp3) is 0.571. The topological polar surface area (TPSA) is 50.7 Å². The first-order valence-electron chi connectivity index (χ1n) is 6.50. The Morgan fingerprint density at radius 3 is 2.26 bits per heavy atom. The molecule has 0 radical (unpaired) electrons. The van der Waals surface area contributed by atoms with Crippen LogP contribution in [-0.4, -0.2) is 31.5 Å². The van der Waals surface area contributed by atoms with Crippen LogP contribution in [0.15, 0.2) is 12.1 Å². The van der Waals surface area contributed by atoms with Crippen molar-refractivity contribution in [1.29, 1.82) is 0 Å². The fourth-order valence-electron chi connectivity index (χ4n) is 2.40. The third-order valence-corrected chi connectivity index (χ3v) is 3.84. The minimum atomic E-state index is -0.154. The lowest BCUT2D eigenvalue weighted by atomic mass is 9.93. The number of nitrogens with one attached hydrogen (secondary N) is 1. The maximum Gasteiger partial charge on any atom is 0.162 e. The summed E-state index contributed by atoms with van der Waals surface area (Å²) in [5.74, 6) is 1.28. The zero-order valence-electron chi connectivity index (χ0n) is 11.3. The maximum absolute atomic E-state index is 9.51. The molecule has 5 heteroatoms. The quantitative estimate of drug-likeness (QED) is 0.893. The molecule has 1 aliphatic carbocycles. The van der Waals surface area contributed by atoms with E-state index in [1.807, 2.05) is 6.07 Å². The summed E-state index contributed by atoms with van der Waals surface area (Å²) in [7, 11) is 3.19. The average Bonchev–Trinajstić information content (AvgIpc) is 2.43. The largest absolute Gasteiger partial charge is 0.493 e. The van der Waals surface area contributed by atoms with Gasteiger partial charge in [0.15, 0.2) is 11.5 Å². The SMILES string of the molecule is COc1cc(Cl)c(NC2CCC(O)CC2)cc1OC. The van der Waals surface area contributed by atoms with Crippen molar-refractivity contribution in [3.8, 4) is 11.5 Å². The van der Waals surface area contributed by atoms with Crippen molar-refractivity contribution >= 4 is 17.3 Å². The Kier molecular flexibility index (Phi) is 4.77. The molecule has 1 aromatic rings. The van der Waals surface area contributed by atoms with Crippen LogP contribution < -0.4 is 14.8 Å². The van der Waals surface area contributed by atoms with E-state index in [0.717, 1.165) is 31.4 Å². The van der Waals surface area contributed by atoms with E-state index in [4.69, 9.17) is 21.1 Å². The van der Waals surface area contributed by atoms with Crippen molar-refractivity contribution in [3.05, 3.63) is 17.2 Å². The van der Waals surface area contributed by atoms with Crippen LogP contribution in [0, 0.1) is 0 Å². The number of ether oxygens (including phenoxy) is 2. The summed E-state index contributed by atoms with van der Waals surface area (Å²) < 4.78 is 10.5. The van der Waals surface area contributed by atoms with Crippen LogP contribution in [0.3, 0.4) is 0 Å². The molecule has 0 bridgehead atoms. The zero-order valence-corrected chi connectivity index (χ0v) is 12.0. The molecule has 0 saturated heterocycles. The first kappa shape index (κ1) is 14.3. The number of anilines is 1. The Hall–Kier alpha value is -1.13. The lowest BCUT2D eigenvalue weighted by molar-refractivity contribution is 0.126. The van der Waals surface area contributed by atoms with Gasteiger partial charge in [0.25, 0.3) is 0 Å². The van der Waals surface area contributed by atoms with Crippen LogP contribution in [0.4, 0.5) is 5.69 Å². The monoisotopic (exact) mass is 285 g/mol. The van der Waals surface area contributed by atoms with Gasteiger partial charge in [0.2, 0.25) is 0 Å². The molecule has 2 N–H and O–H groups in total. The Morgan fingerprint density at radius 2 is 1.68 bits per heavy atom. The molecule has 0 heterocycles. The first-order valence-corrected chi connectivity index (χ1v) is 6.88. The standard InChI is InChI=1S/C14H20ClNO3/c1-18-13-7-11(15)12(8-14(13)19-2)16-9-3-5-10(17)6-4-9/h7-10,16-17H,3-6H2,1-2H3. The number of rotatable bonds is 4. The minimum absolute atomic E-state index is 0.154. The van der Waals surface area contributed by atoms with Crippen LogP contribution in [-0.2, 0) is 0 Å². The van der Waals surface area contributed by atoms with Crippen LogP contribution in [0.1, 0.15) is 25.7 Å². The number of benzene rings is 1. The van der Waals surface area contributed by atoms with Crippen molar-refractivity contribution < 1.29 is 14.6 Å². The lowest BCUT2D eigenvalue weighted by Crippen LogP contribution is -2.28. The van der Waals surface area contributed by atoms with E-state index in [1.165, 1.54) is 0 Å². The van der Waals surface area contributed by atoms with Crippen molar-refractivity contribution in [2.75, 3.05) is 19.5 Å². The van der Waals surface area contributed by atoms with E-state index in [9.17, 15) is 5.11 Å². The Balaban J connectivity index is 2.11. The minimum Gasteiger partial charge on any atom is -0.493 e. The van der Waals surface area contributed by atoms with E-state index < -0.39 is 0 Å². The number of aliphatic hydroxyl groups is 1. The van der Waals surface area contributed by atoms with Crippen molar-refractivity contribution in [2.24, 2.45) is 0 Å². The highest BCUT2D eigenvalue weighted by Gasteiger charge is 2.20. The van der Waals surface area contributed by atoms with Gasteiger partial charge in [-0.25, -0.2) is 0 Å². The predicted octanol–water partition coefficient (Wildman–Crippen LogP) is 3.07. The van der Waals surface area contributed by atoms with E-state index in [0.29, 0.717) is 22.6 Å². The van der Waals surface area contributed by atoms with Gasteiger partial charge in [0, 0.05) is 18.2 Å². The highest BCUT2D eigenvalue weighted by Crippen LogP contribution is 2.37. The lowest BCUT2D eigenvalue weighted by Gasteiger charge is -2.27. The second-order valence-electron chi connectivity index (χ2n) is 4.84. The summed E-state index contributed by atoms with van der Waals surface area (Å²) in [5, 5.41) is 13.5. The van der Waals surface area contributed by atoms with Gasteiger partial charge in [0.05, 0.1) is 31.0 Å². The predicted molar refractivity (Wildman–Crippen MR) is 76.4 cm³/mol. The van der Waals surface area contributed by atoms with Gasteiger partial charge in [-0.3, -0.25) is 0 Å².